The second-order valence-electron chi connectivity index (χ2n) is 5.25. The quantitative estimate of drug-likeness (QED) is 0.726. The van der Waals surface area contributed by atoms with Crippen LogP contribution < -0.4 is 5.32 Å². The second kappa shape index (κ2) is 4.36. The summed E-state index contributed by atoms with van der Waals surface area (Å²) in [7, 11) is 0. The van der Waals surface area contributed by atoms with Crippen LogP contribution in [0.25, 0.3) is 0 Å². The van der Waals surface area contributed by atoms with Gasteiger partial charge in [-0.1, -0.05) is 44.2 Å². The maximum absolute atomic E-state index is 3.55. The van der Waals surface area contributed by atoms with Gasteiger partial charge >= 0.3 is 0 Å². The summed E-state index contributed by atoms with van der Waals surface area (Å²) >= 11 is 0. The van der Waals surface area contributed by atoms with Crippen molar-refractivity contribution in [1.82, 2.24) is 5.32 Å². The summed E-state index contributed by atoms with van der Waals surface area (Å²) < 4.78 is 0. The molecule has 1 N–H and O–H groups in total. The van der Waals surface area contributed by atoms with Gasteiger partial charge in [0.25, 0.3) is 0 Å². The fraction of sp³-hybridized carbons (Fsp3) is 0.571. The Morgan fingerprint density at radius 1 is 1.40 bits per heavy atom. The van der Waals surface area contributed by atoms with Crippen molar-refractivity contribution in [1.29, 1.82) is 0 Å². The van der Waals surface area contributed by atoms with E-state index in [4.69, 9.17) is 0 Å². The Bertz CT molecular complexity index is 301. The lowest BCUT2D eigenvalue weighted by Gasteiger charge is -2.13. The van der Waals surface area contributed by atoms with E-state index in [0.717, 1.165) is 0 Å². The number of hydrogen-bond acceptors (Lipinski definition) is 1. The van der Waals surface area contributed by atoms with Gasteiger partial charge in [0.15, 0.2) is 0 Å². The van der Waals surface area contributed by atoms with Crippen LogP contribution in [0.5, 0.6) is 0 Å². The maximum atomic E-state index is 3.55. The molecule has 0 aromatic carbocycles. The molecule has 1 heteroatoms. The highest BCUT2D eigenvalue weighted by Crippen LogP contribution is 2.25. The van der Waals surface area contributed by atoms with E-state index < -0.39 is 0 Å². The van der Waals surface area contributed by atoms with Gasteiger partial charge in [-0.15, -0.1) is 0 Å². The molecule has 0 bridgehead atoms. The Hall–Kier alpha value is -0.820. The van der Waals surface area contributed by atoms with Crippen molar-refractivity contribution in [2.24, 2.45) is 5.41 Å². The van der Waals surface area contributed by atoms with Crippen LogP contribution in [-0.4, -0.2) is 12.6 Å². The molecule has 1 unspecified atom stereocenters. The lowest BCUT2D eigenvalue weighted by molar-refractivity contribution is 0.602. The Labute approximate surface area is 93.0 Å². The van der Waals surface area contributed by atoms with Crippen LogP contribution in [0.1, 0.15) is 33.1 Å². The minimum Gasteiger partial charge on any atom is -0.314 e. The third kappa shape index (κ3) is 3.07. The minimum absolute atomic E-state index is 0.210. The van der Waals surface area contributed by atoms with Crippen molar-refractivity contribution in [2.45, 2.75) is 39.2 Å². The van der Waals surface area contributed by atoms with Gasteiger partial charge in [-0.3, -0.25) is 0 Å². The van der Waals surface area contributed by atoms with Crippen LogP contribution in [0, 0.1) is 5.41 Å². The van der Waals surface area contributed by atoms with Gasteiger partial charge in [0.2, 0.25) is 0 Å². The second-order valence-corrected chi connectivity index (χ2v) is 5.25. The summed E-state index contributed by atoms with van der Waals surface area (Å²) in [5.41, 5.74) is 1.66. The molecule has 1 heterocycles. The summed E-state index contributed by atoms with van der Waals surface area (Å²) in [5, 5.41) is 3.55. The largest absolute Gasteiger partial charge is 0.314 e. The summed E-state index contributed by atoms with van der Waals surface area (Å²) in [6.07, 6.45) is 15.2. The average Bonchev–Trinajstić information content (AvgIpc) is 2.60. The molecule has 1 aliphatic carbocycles. The number of hydrogen-bond donors (Lipinski definition) is 1. The van der Waals surface area contributed by atoms with E-state index in [2.05, 4.69) is 49.5 Å². The van der Waals surface area contributed by atoms with Crippen LogP contribution in [0.2, 0.25) is 0 Å². The van der Waals surface area contributed by atoms with Gasteiger partial charge in [-0.05, 0) is 31.4 Å². The molecule has 1 aliphatic heterocycles. The molecule has 1 fully saturated rings. The van der Waals surface area contributed by atoms with E-state index in [-0.39, 0.29) is 5.41 Å². The normalized spacial score (nSPS) is 28.9. The topological polar surface area (TPSA) is 12.0 Å². The van der Waals surface area contributed by atoms with E-state index >= 15 is 0 Å². The van der Waals surface area contributed by atoms with Gasteiger partial charge in [0.05, 0.1) is 0 Å². The van der Waals surface area contributed by atoms with Crippen LogP contribution >= 0.6 is 0 Å². The fourth-order valence-corrected chi connectivity index (χ4v) is 2.20. The van der Waals surface area contributed by atoms with Crippen LogP contribution in [-0.2, 0) is 0 Å². The molecule has 0 aromatic rings. The standard InChI is InChI=1S/C14H21N/c1-14(2)8-3-5-12(7-9-14)11-13-6-4-10-15-13/h3,5,7-9,13,15H,4,6,10-11H2,1-2H3. The molecular formula is C14H21N. The molecular weight excluding hydrogens is 182 g/mol. The Morgan fingerprint density at radius 3 is 3.00 bits per heavy atom. The van der Waals surface area contributed by atoms with Crippen molar-refractivity contribution >= 4 is 0 Å². The van der Waals surface area contributed by atoms with E-state index in [1.807, 2.05) is 0 Å². The SMILES string of the molecule is CC1(C)C=CC=C(CC2CCCN2)C=C1. The number of rotatable bonds is 2. The first-order valence-corrected chi connectivity index (χ1v) is 5.97. The molecule has 1 atom stereocenters. The Balaban J connectivity index is 1.98. The van der Waals surface area contributed by atoms with E-state index in [1.54, 1.807) is 0 Å². The van der Waals surface area contributed by atoms with E-state index in [9.17, 15) is 0 Å². The minimum atomic E-state index is 0.210. The Kier molecular flexibility index (Phi) is 3.11. The molecule has 0 aromatic heterocycles. The Morgan fingerprint density at radius 2 is 2.27 bits per heavy atom. The first kappa shape index (κ1) is 10.7. The van der Waals surface area contributed by atoms with Gasteiger partial charge < -0.3 is 5.32 Å². The zero-order chi connectivity index (χ0) is 10.7. The van der Waals surface area contributed by atoms with Crippen molar-refractivity contribution in [2.75, 3.05) is 6.54 Å². The highest BCUT2D eigenvalue weighted by Gasteiger charge is 2.16. The molecule has 1 nitrogen and oxygen atoms in total. The van der Waals surface area contributed by atoms with Crippen molar-refractivity contribution in [3.05, 3.63) is 36.0 Å². The summed E-state index contributed by atoms with van der Waals surface area (Å²) in [6, 6.07) is 0.704. The monoisotopic (exact) mass is 203 g/mol. The van der Waals surface area contributed by atoms with Crippen LogP contribution in [0.3, 0.4) is 0 Å². The molecule has 2 aliphatic rings. The van der Waals surface area contributed by atoms with Crippen molar-refractivity contribution in [3.63, 3.8) is 0 Å². The predicted octanol–water partition coefficient (Wildman–Crippen LogP) is 3.21. The molecule has 0 radical (unpaired) electrons. The first-order chi connectivity index (χ1) is 7.16. The van der Waals surface area contributed by atoms with Gasteiger partial charge in [0, 0.05) is 11.5 Å². The smallest absolute Gasteiger partial charge is 0.0108 e. The molecule has 0 spiro atoms. The highest BCUT2D eigenvalue weighted by molar-refractivity contribution is 5.31. The van der Waals surface area contributed by atoms with E-state index in [0.29, 0.717) is 6.04 Å². The number of allylic oxidation sites excluding steroid dienone is 5. The van der Waals surface area contributed by atoms with Crippen molar-refractivity contribution < 1.29 is 0 Å². The van der Waals surface area contributed by atoms with Crippen molar-refractivity contribution in [3.8, 4) is 0 Å². The van der Waals surface area contributed by atoms with Gasteiger partial charge in [0.1, 0.15) is 0 Å². The summed E-state index contributed by atoms with van der Waals surface area (Å²) in [6.45, 7) is 5.68. The lowest BCUT2D eigenvalue weighted by Crippen LogP contribution is -2.21. The molecule has 0 amide bonds. The molecule has 15 heavy (non-hydrogen) atoms. The maximum Gasteiger partial charge on any atom is 0.0108 e. The number of nitrogens with one attached hydrogen (secondary N) is 1. The summed E-state index contributed by atoms with van der Waals surface area (Å²) in [4.78, 5) is 0. The van der Waals surface area contributed by atoms with Crippen LogP contribution in [0.4, 0.5) is 0 Å². The van der Waals surface area contributed by atoms with E-state index in [1.165, 1.54) is 31.4 Å². The zero-order valence-electron chi connectivity index (χ0n) is 9.79. The first-order valence-electron chi connectivity index (χ1n) is 5.97. The molecule has 82 valence electrons. The highest BCUT2D eigenvalue weighted by atomic mass is 14.9. The predicted molar refractivity (Wildman–Crippen MR) is 65.8 cm³/mol. The summed E-state index contributed by atoms with van der Waals surface area (Å²) in [5.74, 6) is 0. The molecule has 1 saturated heterocycles. The van der Waals surface area contributed by atoms with Gasteiger partial charge in [-0.2, -0.15) is 0 Å². The molecule has 2 rings (SSSR count). The average molecular weight is 203 g/mol. The third-order valence-electron chi connectivity index (χ3n) is 3.21. The molecule has 0 saturated carbocycles. The van der Waals surface area contributed by atoms with Gasteiger partial charge in [-0.25, -0.2) is 0 Å². The fourth-order valence-electron chi connectivity index (χ4n) is 2.20. The van der Waals surface area contributed by atoms with Crippen LogP contribution in [0.15, 0.2) is 36.0 Å². The zero-order valence-corrected chi connectivity index (χ0v) is 9.79. The third-order valence-corrected chi connectivity index (χ3v) is 3.21. The lowest BCUT2D eigenvalue weighted by atomic mass is 9.93.